The molecule has 0 aliphatic heterocycles. The number of aliphatic hydroxyl groups excluding tert-OH is 1. The molecular weight excluding hydrogens is 373 g/mol. The number of ether oxygens (including phenoxy) is 1. The lowest BCUT2D eigenvalue weighted by Crippen LogP contribution is -2.28. The lowest BCUT2D eigenvalue weighted by molar-refractivity contribution is 0.117. The number of aromatic nitrogens is 2. The van der Waals surface area contributed by atoms with Crippen molar-refractivity contribution in [3.63, 3.8) is 0 Å². The van der Waals surface area contributed by atoms with Crippen molar-refractivity contribution in [1.82, 2.24) is 9.78 Å². The molecule has 0 aliphatic carbocycles. The maximum absolute atomic E-state index is 12.8. The Bertz CT molecular complexity index is 949. The van der Waals surface area contributed by atoms with Gasteiger partial charge >= 0.3 is 0 Å². The molecule has 0 radical (unpaired) electrons. The Hall–Kier alpha value is -2.90. The highest BCUT2D eigenvalue weighted by molar-refractivity contribution is 6.32. The van der Waals surface area contributed by atoms with Crippen LogP contribution in [0.2, 0.25) is 5.02 Å². The molecule has 8 heteroatoms. The van der Waals surface area contributed by atoms with Crippen LogP contribution in [0.3, 0.4) is 0 Å². The summed E-state index contributed by atoms with van der Waals surface area (Å²) in [4.78, 5) is 12.4. The minimum atomic E-state index is -0.873. The normalized spacial score (nSPS) is 11.8. The van der Waals surface area contributed by atoms with Gasteiger partial charge in [0.15, 0.2) is 0 Å². The van der Waals surface area contributed by atoms with Crippen molar-refractivity contribution in [2.75, 3.05) is 18.5 Å². The van der Waals surface area contributed by atoms with E-state index in [9.17, 15) is 14.3 Å². The zero-order valence-corrected chi connectivity index (χ0v) is 14.9. The van der Waals surface area contributed by atoms with Gasteiger partial charge in [0.25, 0.3) is 5.56 Å². The van der Waals surface area contributed by atoms with Crippen molar-refractivity contribution >= 4 is 17.3 Å². The molecule has 0 saturated heterocycles. The van der Waals surface area contributed by atoms with E-state index in [0.717, 1.165) is 0 Å². The van der Waals surface area contributed by atoms with Gasteiger partial charge in [-0.1, -0.05) is 29.8 Å². The largest absolute Gasteiger partial charge is 0.491 e. The van der Waals surface area contributed by atoms with Gasteiger partial charge < -0.3 is 15.2 Å². The lowest BCUT2D eigenvalue weighted by atomic mass is 10.3. The number of nitrogens with one attached hydrogen (secondary N) is 1. The van der Waals surface area contributed by atoms with Crippen LogP contribution >= 0.6 is 11.6 Å². The first-order valence-corrected chi connectivity index (χ1v) is 8.56. The summed E-state index contributed by atoms with van der Waals surface area (Å²) < 4.78 is 19.4. The van der Waals surface area contributed by atoms with Gasteiger partial charge in [-0.15, -0.1) is 0 Å². The van der Waals surface area contributed by atoms with Crippen LogP contribution in [0.15, 0.2) is 65.6 Å². The van der Waals surface area contributed by atoms with Crippen LogP contribution in [-0.4, -0.2) is 34.1 Å². The van der Waals surface area contributed by atoms with Gasteiger partial charge in [-0.25, -0.2) is 4.39 Å². The Morgan fingerprint density at radius 1 is 1.19 bits per heavy atom. The molecule has 1 heterocycles. The van der Waals surface area contributed by atoms with E-state index in [2.05, 4.69) is 10.4 Å². The number of benzene rings is 2. The summed E-state index contributed by atoms with van der Waals surface area (Å²) in [6, 6.07) is 14.4. The molecular formula is C19H17ClFN3O3. The standard InChI is InChI=1S/C19H17ClFN3O3/c20-18-17(11-23-24(19(18)26)14-4-2-1-3-5-14)22-10-15(25)12-27-16-8-6-13(21)7-9-16/h1-9,11,15,22,25H,10,12H2. The number of aliphatic hydroxyl groups is 1. The quantitative estimate of drug-likeness (QED) is 0.649. The molecule has 27 heavy (non-hydrogen) atoms. The monoisotopic (exact) mass is 389 g/mol. The molecule has 1 aromatic heterocycles. The number of nitrogens with zero attached hydrogens (tertiary/aromatic N) is 2. The molecule has 0 aliphatic rings. The summed E-state index contributed by atoms with van der Waals surface area (Å²) in [7, 11) is 0. The number of halogens is 2. The van der Waals surface area contributed by atoms with Crippen molar-refractivity contribution in [1.29, 1.82) is 0 Å². The fourth-order valence-corrected chi connectivity index (χ4v) is 2.51. The van der Waals surface area contributed by atoms with E-state index in [1.54, 1.807) is 24.3 Å². The average Bonchev–Trinajstić information content (AvgIpc) is 2.69. The van der Waals surface area contributed by atoms with Crippen LogP contribution in [0.25, 0.3) is 5.69 Å². The van der Waals surface area contributed by atoms with E-state index in [1.807, 2.05) is 6.07 Å². The lowest BCUT2D eigenvalue weighted by Gasteiger charge is -2.15. The summed E-state index contributed by atoms with van der Waals surface area (Å²) in [5, 5.41) is 17.0. The molecule has 1 atom stereocenters. The molecule has 1 unspecified atom stereocenters. The second-order valence-electron chi connectivity index (χ2n) is 5.72. The zero-order valence-electron chi connectivity index (χ0n) is 14.2. The topological polar surface area (TPSA) is 76.4 Å². The molecule has 2 aromatic carbocycles. The van der Waals surface area contributed by atoms with E-state index in [4.69, 9.17) is 16.3 Å². The third kappa shape index (κ3) is 4.84. The average molecular weight is 390 g/mol. The second kappa shape index (κ2) is 8.66. The fraction of sp³-hybridized carbons (Fsp3) is 0.158. The fourth-order valence-electron chi connectivity index (χ4n) is 2.32. The Kier molecular flexibility index (Phi) is 6.05. The number of hydrogen-bond acceptors (Lipinski definition) is 5. The van der Waals surface area contributed by atoms with Gasteiger partial charge in [0.1, 0.15) is 29.3 Å². The molecule has 0 bridgehead atoms. The van der Waals surface area contributed by atoms with Crippen molar-refractivity contribution in [2.24, 2.45) is 0 Å². The first-order chi connectivity index (χ1) is 13.0. The minimum Gasteiger partial charge on any atom is -0.491 e. The van der Waals surface area contributed by atoms with Crippen LogP contribution in [0, 0.1) is 5.82 Å². The highest BCUT2D eigenvalue weighted by Gasteiger charge is 2.12. The molecule has 6 nitrogen and oxygen atoms in total. The van der Waals surface area contributed by atoms with Gasteiger partial charge in [-0.2, -0.15) is 9.78 Å². The van der Waals surface area contributed by atoms with Crippen LogP contribution in [-0.2, 0) is 0 Å². The summed E-state index contributed by atoms with van der Waals surface area (Å²) in [5.74, 6) is 0.0811. The number of para-hydroxylation sites is 1. The van der Waals surface area contributed by atoms with Crippen LogP contribution in [0.4, 0.5) is 10.1 Å². The Morgan fingerprint density at radius 2 is 1.89 bits per heavy atom. The molecule has 3 aromatic rings. The SMILES string of the molecule is O=c1c(Cl)c(NCC(O)COc2ccc(F)cc2)cnn1-c1ccccc1. The molecule has 3 rings (SSSR count). The van der Waals surface area contributed by atoms with Crippen molar-refractivity contribution in [3.8, 4) is 11.4 Å². The predicted octanol–water partition coefficient (Wildman–Crippen LogP) is 2.88. The molecule has 0 spiro atoms. The van der Waals surface area contributed by atoms with Crippen molar-refractivity contribution in [3.05, 3.63) is 82.0 Å². The Morgan fingerprint density at radius 3 is 2.59 bits per heavy atom. The van der Waals surface area contributed by atoms with Crippen LogP contribution in [0.5, 0.6) is 5.75 Å². The minimum absolute atomic E-state index is 0.00917. The van der Waals surface area contributed by atoms with E-state index in [0.29, 0.717) is 17.1 Å². The number of rotatable bonds is 7. The van der Waals surface area contributed by atoms with Gasteiger partial charge in [0.05, 0.1) is 17.6 Å². The van der Waals surface area contributed by atoms with Gasteiger partial charge in [0, 0.05) is 6.54 Å². The first-order valence-electron chi connectivity index (χ1n) is 8.18. The highest BCUT2D eigenvalue weighted by atomic mass is 35.5. The summed E-state index contributed by atoms with van der Waals surface area (Å²) in [5.41, 5.74) is 0.447. The van der Waals surface area contributed by atoms with E-state index >= 15 is 0 Å². The van der Waals surface area contributed by atoms with E-state index in [1.165, 1.54) is 35.1 Å². The van der Waals surface area contributed by atoms with Gasteiger partial charge in [0.2, 0.25) is 0 Å². The van der Waals surface area contributed by atoms with Gasteiger partial charge in [-0.05, 0) is 36.4 Å². The maximum Gasteiger partial charge on any atom is 0.292 e. The van der Waals surface area contributed by atoms with Gasteiger partial charge in [-0.3, -0.25) is 4.79 Å². The van der Waals surface area contributed by atoms with E-state index < -0.39 is 11.7 Å². The maximum atomic E-state index is 12.8. The third-order valence-corrected chi connectivity index (χ3v) is 4.07. The Labute approximate surface area is 159 Å². The van der Waals surface area contributed by atoms with Crippen molar-refractivity contribution < 1.29 is 14.2 Å². The Balaban J connectivity index is 1.60. The van der Waals surface area contributed by atoms with Crippen LogP contribution in [0.1, 0.15) is 0 Å². The number of hydrogen-bond donors (Lipinski definition) is 2. The van der Waals surface area contributed by atoms with Crippen molar-refractivity contribution in [2.45, 2.75) is 6.10 Å². The zero-order chi connectivity index (χ0) is 19.2. The smallest absolute Gasteiger partial charge is 0.292 e. The molecule has 140 valence electrons. The molecule has 0 amide bonds. The summed E-state index contributed by atoms with van der Waals surface area (Å²) in [6.45, 7) is 0.0855. The highest BCUT2D eigenvalue weighted by Crippen LogP contribution is 2.17. The number of anilines is 1. The molecule has 0 saturated carbocycles. The summed E-state index contributed by atoms with van der Waals surface area (Å²) in [6.07, 6.45) is 0.548. The first kappa shape index (κ1) is 18.9. The molecule has 0 fully saturated rings. The van der Waals surface area contributed by atoms with E-state index in [-0.39, 0.29) is 24.0 Å². The second-order valence-corrected chi connectivity index (χ2v) is 6.10. The molecule has 2 N–H and O–H groups in total. The third-order valence-electron chi connectivity index (χ3n) is 3.70. The predicted molar refractivity (Wildman–Crippen MR) is 101 cm³/mol. The van der Waals surface area contributed by atoms with Crippen LogP contribution < -0.4 is 15.6 Å². The summed E-state index contributed by atoms with van der Waals surface area (Å²) >= 11 is 6.14.